The van der Waals surface area contributed by atoms with Gasteiger partial charge in [0.05, 0.1) is 92.5 Å². The Morgan fingerprint density at radius 2 is 0.769 bits per heavy atom. The Hall–Kier alpha value is -1.91. The molecule has 14 heteroatoms. The van der Waals surface area contributed by atoms with Crippen LogP contribution in [0.25, 0.3) is 0 Å². The fourth-order valence-corrected chi connectivity index (χ4v) is 4.89. The second-order valence-electron chi connectivity index (χ2n) is 12.4. The van der Waals surface area contributed by atoms with Crippen molar-refractivity contribution in [1.29, 1.82) is 0 Å². The minimum Gasteiger partial charge on any atom is -0.480 e. The monoisotopic (exact) mass is 752 g/mol. The maximum absolute atomic E-state index is 11.9. The number of unbranched alkanes of at least 4 members (excludes halogenated alkanes) is 14. The number of ether oxygens (including phenoxy) is 9. The molecule has 0 aliphatic heterocycles. The molecule has 0 fully saturated rings. The first-order valence-electron chi connectivity index (χ1n) is 19.8. The smallest absolute Gasteiger partial charge is 0.329 e. The van der Waals surface area contributed by atoms with Gasteiger partial charge in [-0.25, -0.2) is 4.79 Å². The largest absolute Gasteiger partial charge is 0.480 e. The van der Waals surface area contributed by atoms with E-state index in [0.29, 0.717) is 105 Å². The van der Waals surface area contributed by atoms with E-state index >= 15 is 0 Å². The molecule has 0 radical (unpaired) electrons. The Morgan fingerprint density at radius 1 is 0.423 bits per heavy atom. The first-order chi connectivity index (χ1) is 25.6. The summed E-state index contributed by atoms with van der Waals surface area (Å²) in [6.07, 6.45) is 20.1. The van der Waals surface area contributed by atoms with Crippen LogP contribution in [-0.2, 0) is 57.0 Å². The Bertz CT molecular complexity index is 775. The molecule has 0 saturated carbocycles. The van der Waals surface area contributed by atoms with Crippen molar-refractivity contribution >= 4 is 17.8 Å². The Labute approximate surface area is 313 Å². The van der Waals surface area contributed by atoms with Gasteiger partial charge in [0.25, 0.3) is 0 Å². The predicted molar refractivity (Wildman–Crippen MR) is 198 cm³/mol. The number of hydrogen-bond donors (Lipinski definition) is 2. The molecule has 308 valence electrons. The third-order valence-electron chi connectivity index (χ3n) is 7.73. The SMILES string of the molecule is CCCCCCCCCCCCCCCCCC(=O)OCCOCCOCCOCCOCCOCCOCCOCCNC(=O)COCC(=O)O. The van der Waals surface area contributed by atoms with Gasteiger partial charge in [-0.05, 0) is 6.42 Å². The molecule has 0 bridgehead atoms. The van der Waals surface area contributed by atoms with E-state index in [1.807, 2.05) is 0 Å². The van der Waals surface area contributed by atoms with Gasteiger partial charge in [-0.15, -0.1) is 0 Å². The zero-order valence-electron chi connectivity index (χ0n) is 32.4. The van der Waals surface area contributed by atoms with Crippen molar-refractivity contribution in [2.24, 2.45) is 0 Å². The molecule has 0 spiro atoms. The molecule has 0 aromatic rings. The van der Waals surface area contributed by atoms with Crippen molar-refractivity contribution in [1.82, 2.24) is 5.32 Å². The number of carboxylic acid groups (broad SMARTS) is 1. The van der Waals surface area contributed by atoms with Crippen molar-refractivity contribution in [2.45, 2.75) is 110 Å². The maximum atomic E-state index is 11.9. The van der Waals surface area contributed by atoms with E-state index in [2.05, 4.69) is 17.0 Å². The van der Waals surface area contributed by atoms with Crippen LogP contribution in [0.3, 0.4) is 0 Å². The lowest BCUT2D eigenvalue weighted by Gasteiger charge is -2.09. The summed E-state index contributed by atoms with van der Waals surface area (Å²) in [5.74, 6) is -1.66. The van der Waals surface area contributed by atoms with Crippen molar-refractivity contribution < 1.29 is 62.1 Å². The van der Waals surface area contributed by atoms with E-state index < -0.39 is 18.5 Å². The van der Waals surface area contributed by atoms with E-state index in [1.165, 1.54) is 83.5 Å². The average Bonchev–Trinajstić information content (AvgIpc) is 3.13. The van der Waals surface area contributed by atoms with Crippen LogP contribution in [0.1, 0.15) is 110 Å². The molecule has 0 atom stereocenters. The van der Waals surface area contributed by atoms with E-state index in [0.717, 1.165) is 12.8 Å². The number of rotatable bonds is 44. The number of esters is 1. The van der Waals surface area contributed by atoms with Gasteiger partial charge >= 0.3 is 11.9 Å². The normalized spacial score (nSPS) is 11.2. The molecular formula is C38H73NO13. The lowest BCUT2D eigenvalue weighted by atomic mass is 10.0. The number of aliphatic carboxylic acids is 1. The molecule has 0 heterocycles. The summed E-state index contributed by atoms with van der Waals surface area (Å²) in [5.41, 5.74) is 0. The number of nitrogens with one attached hydrogen (secondary N) is 1. The summed E-state index contributed by atoms with van der Waals surface area (Å²) >= 11 is 0. The van der Waals surface area contributed by atoms with Gasteiger partial charge < -0.3 is 53.1 Å². The predicted octanol–water partition coefficient (Wildman–Crippen LogP) is 5.12. The molecule has 0 aliphatic rings. The zero-order chi connectivity index (χ0) is 37.8. The zero-order valence-corrected chi connectivity index (χ0v) is 32.4. The van der Waals surface area contributed by atoms with E-state index in [9.17, 15) is 14.4 Å². The number of carbonyl (C=O) groups excluding carboxylic acids is 2. The van der Waals surface area contributed by atoms with Gasteiger partial charge in [0.15, 0.2) is 0 Å². The molecular weight excluding hydrogens is 678 g/mol. The van der Waals surface area contributed by atoms with E-state index in [-0.39, 0.29) is 19.2 Å². The fourth-order valence-electron chi connectivity index (χ4n) is 4.89. The summed E-state index contributed by atoms with van der Waals surface area (Å²) in [6.45, 7) is 8.06. The van der Waals surface area contributed by atoms with Crippen LogP contribution >= 0.6 is 0 Å². The van der Waals surface area contributed by atoms with E-state index in [4.69, 9.17) is 43.0 Å². The van der Waals surface area contributed by atoms with Gasteiger partial charge in [-0.2, -0.15) is 0 Å². The standard InChI is InChI=1S/C38H73NO13/c1-2-3-4-5-6-7-8-9-10-11-12-13-14-15-16-17-38(43)52-33-32-50-31-30-49-29-28-48-27-26-47-25-24-46-23-22-45-21-20-44-19-18-39-36(40)34-51-35-37(41)42/h2-35H2,1H3,(H,39,40)(H,41,42). The number of amides is 1. The summed E-state index contributed by atoms with van der Waals surface area (Å²) in [4.78, 5) is 33.6. The highest BCUT2D eigenvalue weighted by atomic mass is 16.6. The molecule has 52 heavy (non-hydrogen) atoms. The topological polar surface area (TPSA) is 167 Å². The van der Waals surface area contributed by atoms with Crippen LogP contribution in [0.15, 0.2) is 0 Å². The van der Waals surface area contributed by atoms with Crippen LogP contribution in [0.4, 0.5) is 0 Å². The lowest BCUT2D eigenvalue weighted by Crippen LogP contribution is -2.31. The third kappa shape index (κ3) is 44.3. The van der Waals surface area contributed by atoms with E-state index in [1.54, 1.807) is 0 Å². The van der Waals surface area contributed by atoms with Crippen LogP contribution < -0.4 is 5.32 Å². The van der Waals surface area contributed by atoms with Gasteiger partial charge in [-0.1, -0.05) is 96.8 Å². The highest BCUT2D eigenvalue weighted by Crippen LogP contribution is 2.13. The van der Waals surface area contributed by atoms with Crippen LogP contribution in [-0.4, -0.2) is 142 Å². The first-order valence-corrected chi connectivity index (χ1v) is 19.8. The molecule has 0 unspecified atom stereocenters. The maximum Gasteiger partial charge on any atom is 0.329 e. The molecule has 2 N–H and O–H groups in total. The fraction of sp³-hybridized carbons (Fsp3) is 0.921. The van der Waals surface area contributed by atoms with Crippen molar-refractivity contribution in [3.05, 3.63) is 0 Å². The summed E-state index contributed by atoms with van der Waals surface area (Å²) in [7, 11) is 0. The Morgan fingerprint density at radius 3 is 1.15 bits per heavy atom. The second kappa shape index (κ2) is 43.5. The summed E-state index contributed by atoms with van der Waals surface area (Å²) < 4.78 is 48.0. The quantitative estimate of drug-likeness (QED) is 0.0623. The number of hydrogen-bond acceptors (Lipinski definition) is 12. The minimum atomic E-state index is -1.12. The van der Waals surface area contributed by atoms with Crippen molar-refractivity contribution in [3.8, 4) is 0 Å². The van der Waals surface area contributed by atoms with Gasteiger partial charge in [-0.3, -0.25) is 9.59 Å². The van der Waals surface area contributed by atoms with Crippen LogP contribution in [0, 0.1) is 0 Å². The summed E-state index contributed by atoms with van der Waals surface area (Å²) in [5, 5.41) is 11.0. The van der Waals surface area contributed by atoms with Crippen molar-refractivity contribution in [2.75, 3.05) is 119 Å². The van der Waals surface area contributed by atoms with Crippen LogP contribution in [0.5, 0.6) is 0 Å². The Kier molecular flexibility index (Phi) is 41.9. The first kappa shape index (κ1) is 50.1. The summed E-state index contributed by atoms with van der Waals surface area (Å²) in [6, 6.07) is 0. The molecule has 0 rings (SSSR count). The lowest BCUT2D eigenvalue weighted by molar-refractivity contribution is -0.146. The molecule has 0 saturated heterocycles. The molecule has 0 aliphatic carbocycles. The number of carboxylic acids is 1. The average molecular weight is 752 g/mol. The van der Waals surface area contributed by atoms with Gasteiger partial charge in [0, 0.05) is 13.0 Å². The second-order valence-corrected chi connectivity index (χ2v) is 12.4. The van der Waals surface area contributed by atoms with Crippen molar-refractivity contribution in [3.63, 3.8) is 0 Å². The molecule has 1 amide bonds. The number of carbonyl (C=O) groups is 3. The van der Waals surface area contributed by atoms with Gasteiger partial charge in [0.2, 0.25) is 5.91 Å². The highest BCUT2D eigenvalue weighted by molar-refractivity contribution is 5.77. The third-order valence-corrected chi connectivity index (χ3v) is 7.73. The highest BCUT2D eigenvalue weighted by Gasteiger charge is 2.04. The molecule has 0 aromatic heterocycles. The Balaban J connectivity index is 3.17. The molecule has 0 aromatic carbocycles. The van der Waals surface area contributed by atoms with Crippen LogP contribution in [0.2, 0.25) is 0 Å². The van der Waals surface area contributed by atoms with Gasteiger partial charge in [0.1, 0.15) is 19.8 Å². The molecule has 14 nitrogen and oxygen atoms in total. The minimum absolute atomic E-state index is 0.142.